The van der Waals surface area contributed by atoms with Gasteiger partial charge in [-0.2, -0.15) is 5.10 Å². The molecule has 0 atom stereocenters. The molecule has 3 nitrogen and oxygen atoms in total. The van der Waals surface area contributed by atoms with E-state index < -0.39 is 0 Å². The van der Waals surface area contributed by atoms with Crippen LogP contribution in [-0.2, 0) is 6.54 Å². The van der Waals surface area contributed by atoms with Crippen LogP contribution in [0, 0.1) is 6.07 Å². The third-order valence-electron chi connectivity index (χ3n) is 1.31. The summed E-state index contributed by atoms with van der Waals surface area (Å²) in [4.78, 5) is 5.18. The number of rotatable bonds is 2. The predicted octanol–water partition coefficient (Wildman–Crippen LogP) is 1.19. The number of nitrogens with zero attached hydrogens (tertiary/aromatic N) is 3. The maximum atomic E-state index is 4.03. The summed E-state index contributed by atoms with van der Waals surface area (Å²) < 4.78 is 1.83. The second-order valence-corrected chi connectivity index (χ2v) is 3.08. The minimum Gasteiger partial charge on any atom is -0.267 e. The zero-order valence-corrected chi connectivity index (χ0v) is 6.58. The third kappa shape index (κ3) is 1.46. The molecule has 2 rings (SSSR count). The molecule has 0 aromatic carbocycles. The zero-order chi connectivity index (χ0) is 7.52. The summed E-state index contributed by atoms with van der Waals surface area (Å²) in [6.07, 6.45) is 5.33. The second-order valence-electron chi connectivity index (χ2n) is 2.11. The molecule has 2 aromatic rings. The quantitative estimate of drug-likeness (QED) is 0.667. The predicted molar refractivity (Wildman–Crippen MR) is 42.3 cm³/mol. The molecule has 11 heavy (non-hydrogen) atoms. The van der Waals surface area contributed by atoms with Crippen molar-refractivity contribution in [3.05, 3.63) is 35.0 Å². The lowest BCUT2D eigenvalue weighted by Crippen LogP contribution is -1.96. The molecule has 0 fully saturated rings. The fourth-order valence-corrected chi connectivity index (χ4v) is 1.41. The highest BCUT2D eigenvalue weighted by Gasteiger charge is 1.94. The average Bonchev–Trinajstić information content (AvgIpc) is 2.60. The van der Waals surface area contributed by atoms with Gasteiger partial charge in [-0.3, -0.25) is 9.67 Å². The van der Waals surface area contributed by atoms with E-state index in [1.165, 1.54) is 4.88 Å². The first kappa shape index (κ1) is 6.54. The zero-order valence-electron chi connectivity index (χ0n) is 5.77. The van der Waals surface area contributed by atoms with Crippen LogP contribution in [0.15, 0.2) is 24.1 Å². The van der Waals surface area contributed by atoms with Gasteiger partial charge in [0.25, 0.3) is 0 Å². The van der Waals surface area contributed by atoms with E-state index in [1.54, 1.807) is 17.5 Å². The fourth-order valence-electron chi connectivity index (χ4n) is 0.827. The van der Waals surface area contributed by atoms with Crippen molar-refractivity contribution in [2.75, 3.05) is 0 Å². The highest BCUT2D eigenvalue weighted by Crippen LogP contribution is 2.06. The van der Waals surface area contributed by atoms with Gasteiger partial charge in [0, 0.05) is 23.3 Å². The molecule has 2 aromatic heterocycles. The molecule has 55 valence electrons. The van der Waals surface area contributed by atoms with Crippen molar-refractivity contribution >= 4 is 11.3 Å². The van der Waals surface area contributed by atoms with E-state index in [2.05, 4.69) is 16.1 Å². The van der Waals surface area contributed by atoms with E-state index in [1.807, 2.05) is 22.6 Å². The minimum atomic E-state index is 0.800. The van der Waals surface area contributed by atoms with Gasteiger partial charge in [0.15, 0.2) is 0 Å². The van der Waals surface area contributed by atoms with Crippen LogP contribution in [-0.4, -0.2) is 14.8 Å². The molecule has 4 heteroatoms. The van der Waals surface area contributed by atoms with Crippen LogP contribution in [0.3, 0.4) is 0 Å². The lowest BCUT2D eigenvalue weighted by molar-refractivity contribution is 0.693. The topological polar surface area (TPSA) is 30.7 Å². The second kappa shape index (κ2) is 2.84. The molecule has 0 spiro atoms. The number of aromatic nitrogens is 3. The number of hydrogen-bond acceptors (Lipinski definition) is 3. The smallest absolute Gasteiger partial charge is 0.0794 e. The highest BCUT2D eigenvalue weighted by atomic mass is 32.1. The Balaban J connectivity index is 2.14. The average molecular weight is 164 g/mol. The third-order valence-corrected chi connectivity index (χ3v) is 2.07. The molecule has 0 bridgehead atoms. The van der Waals surface area contributed by atoms with Crippen molar-refractivity contribution in [1.29, 1.82) is 0 Å². The Kier molecular flexibility index (Phi) is 1.69. The lowest BCUT2D eigenvalue weighted by atomic mass is 10.5. The summed E-state index contributed by atoms with van der Waals surface area (Å²) in [6.45, 7) is 0.800. The maximum absolute atomic E-state index is 4.03. The van der Waals surface area contributed by atoms with Gasteiger partial charge < -0.3 is 0 Å². The first-order valence-corrected chi connectivity index (χ1v) is 4.09. The van der Waals surface area contributed by atoms with Gasteiger partial charge in [0.05, 0.1) is 18.3 Å². The molecule has 0 unspecified atom stereocenters. The van der Waals surface area contributed by atoms with Crippen molar-refractivity contribution in [1.82, 2.24) is 14.8 Å². The van der Waals surface area contributed by atoms with Gasteiger partial charge >= 0.3 is 0 Å². The molecule has 0 aliphatic carbocycles. The normalized spacial score (nSPS) is 10.2. The Bertz CT molecular complexity index is 266. The fraction of sp³-hybridized carbons (Fsp3) is 0.143. The van der Waals surface area contributed by atoms with E-state index in [9.17, 15) is 0 Å². The number of hydrogen-bond donors (Lipinski definition) is 0. The standard InChI is InChI=1S/C7H6N3S/c1-2-9-10(3-1)5-7-4-8-6-11-7/h2-4,6H,5H2. The molecule has 0 aliphatic heterocycles. The van der Waals surface area contributed by atoms with Crippen molar-refractivity contribution in [3.8, 4) is 0 Å². The summed E-state index contributed by atoms with van der Waals surface area (Å²) in [5, 5.41) is 4.03. The van der Waals surface area contributed by atoms with Crippen molar-refractivity contribution in [2.24, 2.45) is 0 Å². The van der Waals surface area contributed by atoms with E-state index in [-0.39, 0.29) is 0 Å². The maximum Gasteiger partial charge on any atom is 0.0794 e. The Morgan fingerprint density at radius 2 is 2.64 bits per heavy atom. The molecule has 0 amide bonds. The Morgan fingerprint density at radius 3 is 3.27 bits per heavy atom. The Labute approximate surface area is 68.3 Å². The summed E-state index contributed by atoms with van der Waals surface area (Å²) in [7, 11) is 0. The SMILES string of the molecule is [c]1cnn(Cc2cncs2)c1. The molecule has 0 aliphatic rings. The van der Waals surface area contributed by atoms with Crippen LogP contribution in [0.4, 0.5) is 0 Å². The summed E-state index contributed by atoms with van der Waals surface area (Å²) >= 11 is 1.64. The molecule has 0 saturated heterocycles. The van der Waals surface area contributed by atoms with Crippen LogP contribution < -0.4 is 0 Å². The Hall–Kier alpha value is -1.16. The molecule has 1 radical (unpaired) electrons. The molecule has 2 heterocycles. The van der Waals surface area contributed by atoms with Crippen LogP contribution in [0.5, 0.6) is 0 Å². The van der Waals surface area contributed by atoms with Crippen LogP contribution in [0.1, 0.15) is 4.88 Å². The van der Waals surface area contributed by atoms with Gasteiger partial charge in [-0.1, -0.05) is 0 Å². The minimum absolute atomic E-state index is 0.800. The lowest BCUT2D eigenvalue weighted by Gasteiger charge is -1.94. The molecule has 0 N–H and O–H groups in total. The highest BCUT2D eigenvalue weighted by molar-refractivity contribution is 7.09. The molecular weight excluding hydrogens is 158 g/mol. The summed E-state index contributed by atoms with van der Waals surface area (Å²) in [6, 6.07) is 2.88. The van der Waals surface area contributed by atoms with E-state index in [4.69, 9.17) is 0 Å². The van der Waals surface area contributed by atoms with Crippen molar-refractivity contribution < 1.29 is 0 Å². The first-order valence-electron chi connectivity index (χ1n) is 3.21. The van der Waals surface area contributed by atoms with E-state index >= 15 is 0 Å². The Morgan fingerprint density at radius 1 is 1.64 bits per heavy atom. The van der Waals surface area contributed by atoms with E-state index in [0.717, 1.165) is 6.54 Å². The van der Waals surface area contributed by atoms with Crippen LogP contribution >= 0.6 is 11.3 Å². The number of thiazole rings is 1. The van der Waals surface area contributed by atoms with Crippen molar-refractivity contribution in [2.45, 2.75) is 6.54 Å². The van der Waals surface area contributed by atoms with Gasteiger partial charge in [-0.05, 0) is 0 Å². The van der Waals surface area contributed by atoms with Gasteiger partial charge in [-0.25, -0.2) is 0 Å². The summed E-state index contributed by atoms with van der Waals surface area (Å²) in [5.41, 5.74) is 1.82. The van der Waals surface area contributed by atoms with Crippen LogP contribution in [0.2, 0.25) is 0 Å². The van der Waals surface area contributed by atoms with Crippen LogP contribution in [0.25, 0.3) is 0 Å². The first-order chi connectivity index (χ1) is 5.45. The van der Waals surface area contributed by atoms with Gasteiger partial charge in [0.2, 0.25) is 0 Å². The van der Waals surface area contributed by atoms with Crippen molar-refractivity contribution in [3.63, 3.8) is 0 Å². The van der Waals surface area contributed by atoms with E-state index in [0.29, 0.717) is 0 Å². The molecule has 0 saturated carbocycles. The van der Waals surface area contributed by atoms with Gasteiger partial charge in [0.1, 0.15) is 0 Å². The summed E-state index contributed by atoms with van der Waals surface area (Å²) in [5.74, 6) is 0. The molecular formula is C7H6N3S. The largest absolute Gasteiger partial charge is 0.267 e. The monoisotopic (exact) mass is 164 g/mol. The van der Waals surface area contributed by atoms with Gasteiger partial charge in [-0.15, -0.1) is 11.3 Å².